The third kappa shape index (κ3) is 6.36. The fourth-order valence-corrected chi connectivity index (χ4v) is 3.15. The second-order valence-corrected chi connectivity index (χ2v) is 7.23. The molecule has 150 valence electrons. The Bertz CT molecular complexity index is 774. The zero-order valence-electron chi connectivity index (χ0n) is 16.8. The molecule has 0 aromatic heterocycles. The Kier molecular flexibility index (Phi) is 7.46. The van der Waals surface area contributed by atoms with E-state index in [1.807, 2.05) is 42.2 Å². The van der Waals surface area contributed by atoms with Crippen LogP contribution in [0.1, 0.15) is 36.5 Å². The van der Waals surface area contributed by atoms with Crippen LogP contribution in [0.5, 0.6) is 0 Å². The van der Waals surface area contributed by atoms with Crippen LogP contribution in [0.2, 0.25) is 0 Å². The van der Waals surface area contributed by atoms with E-state index in [2.05, 4.69) is 30.4 Å². The van der Waals surface area contributed by atoms with Gasteiger partial charge in [0.2, 0.25) is 0 Å². The van der Waals surface area contributed by atoms with Gasteiger partial charge < -0.3 is 19.7 Å². The fourth-order valence-electron chi connectivity index (χ4n) is 3.15. The number of amides is 2. The molecule has 0 atom stereocenters. The summed E-state index contributed by atoms with van der Waals surface area (Å²) in [6.07, 6.45) is 2.15. The minimum absolute atomic E-state index is 0.0431. The van der Waals surface area contributed by atoms with Crippen molar-refractivity contribution in [1.29, 1.82) is 0 Å². The van der Waals surface area contributed by atoms with Gasteiger partial charge in [-0.3, -0.25) is 0 Å². The van der Waals surface area contributed by atoms with Gasteiger partial charge >= 0.3 is 6.03 Å². The molecule has 1 fully saturated rings. The maximum Gasteiger partial charge on any atom is 0.322 e. The summed E-state index contributed by atoms with van der Waals surface area (Å²) in [5.74, 6) is 0. The predicted octanol–water partition coefficient (Wildman–Crippen LogP) is 4.74. The SMILES string of the molecule is CCOCCOCc1cccc(NC(=O)N(Cc2cccc(C)c2)C2CC2)c1. The number of anilines is 1. The molecule has 5 nitrogen and oxygen atoms in total. The average Bonchev–Trinajstić information content (AvgIpc) is 3.51. The van der Waals surface area contributed by atoms with Crippen LogP contribution in [0.4, 0.5) is 10.5 Å². The van der Waals surface area contributed by atoms with Crippen molar-refractivity contribution < 1.29 is 14.3 Å². The summed E-state index contributed by atoms with van der Waals surface area (Å²) in [4.78, 5) is 14.8. The summed E-state index contributed by atoms with van der Waals surface area (Å²) >= 11 is 0. The van der Waals surface area contributed by atoms with E-state index in [9.17, 15) is 4.79 Å². The number of rotatable bonds is 10. The van der Waals surface area contributed by atoms with Crippen LogP contribution in [0.15, 0.2) is 48.5 Å². The quantitative estimate of drug-likeness (QED) is 0.604. The minimum atomic E-state index is -0.0431. The maximum atomic E-state index is 12.9. The van der Waals surface area contributed by atoms with E-state index in [0.29, 0.717) is 39.0 Å². The normalized spacial score (nSPS) is 13.4. The van der Waals surface area contributed by atoms with Crippen molar-refractivity contribution in [3.63, 3.8) is 0 Å². The third-order valence-electron chi connectivity index (χ3n) is 4.71. The number of aryl methyl sites for hydroxylation is 1. The van der Waals surface area contributed by atoms with E-state index in [1.165, 1.54) is 11.1 Å². The van der Waals surface area contributed by atoms with Crippen molar-refractivity contribution >= 4 is 11.7 Å². The highest BCUT2D eigenvalue weighted by Crippen LogP contribution is 2.29. The zero-order valence-corrected chi connectivity index (χ0v) is 16.8. The molecule has 0 heterocycles. The zero-order chi connectivity index (χ0) is 19.8. The van der Waals surface area contributed by atoms with Crippen LogP contribution < -0.4 is 5.32 Å². The highest BCUT2D eigenvalue weighted by Gasteiger charge is 2.32. The van der Waals surface area contributed by atoms with E-state index in [0.717, 1.165) is 24.1 Å². The largest absolute Gasteiger partial charge is 0.379 e. The smallest absolute Gasteiger partial charge is 0.322 e. The molecule has 5 heteroatoms. The van der Waals surface area contributed by atoms with E-state index >= 15 is 0 Å². The predicted molar refractivity (Wildman–Crippen MR) is 111 cm³/mol. The van der Waals surface area contributed by atoms with E-state index in [-0.39, 0.29) is 6.03 Å². The van der Waals surface area contributed by atoms with Gasteiger partial charge in [-0.05, 0) is 49.9 Å². The number of carbonyl (C=O) groups excluding carboxylic acids is 1. The van der Waals surface area contributed by atoms with Crippen LogP contribution >= 0.6 is 0 Å². The van der Waals surface area contributed by atoms with Crippen molar-refractivity contribution in [2.75, 3.05) is 25.1 Å². The minimum Gasteiger partial charge on any atom is -0.379 e. The monoisotopic (exact) mass is 382 g/mol. The van der Waals surface area contributed by atoms with Gasteiger partial charge in [-0.25, -0.2) is 4.79 Å². The average molecular weight is 383 g/mol. The first kappa shape index (κ1) is 20.4. The molecule has 1 aliphatic rings. The number of nitrogens with one attached hydrogen (secondary N) is 1. The molecule has 0 spiro atoms. The lowest BCUT2D eigenvalue weighted by atomic mass is 10.1. The van der Waals surface area contributed by atoms with Crippen LogP contribution in [0, 0.1) is 6.92 Å². The molecular formula is C23H30N2O3. The van der Waals surface area contributed by atoms with Gasteiger partial charge in [0.25, 0.3) is 0 Å². The van der Waals surface area contributed by atoms with Crippen molar-refractivity contribution in [3.05, 3.63) is 65.2 Å². The highest BCUT2D eigenvalue weighted by molar-refractivity contribution is 5.89. The molecule has 28 heavy (non-hydrogen) atoms. The number of urea groups is 1. The molecule has 0 aliphatic heterocycles. The standard InChI is InChI=1S/C23H30N2O3/c1-3-27-12-13-28-17-20-8-5-9-21(15-20)24-23(26)25(22-10-11-22)16-19-7-4-6-18(2)14-19/h4-9,14-15,22H,3,10-13,16-17H2,1-2H3,(H,24,26). The first-order valence-corrected chi connectivity index (χ1v) is 10.0. The summed E-state index contributed by atoms with van der Waals surface area (Å²) < 4.78 is 10.9. The second kappa shape index (κ2) is 10.2. The van der Waals surface area contributed by atoms with Gasteiger partial charge in [0, 0.05) is 24.9 Å². The molecule has 3 rings (SSSR count). The summed E-state index contributed by atoms with van der Waals surface area (Å²) in [7, 11) is 0. The lowest BCUT2D eigenvalue weighted by Gasteiger charge is -2.23. The lowest BCUT2D eigenvalue weighted by Crippen LogP contribution is -2.36. The fraction of sp³-hybridized carbons (Fsp3) is 0.435. The summed E-state index contributed by atoms with van der Waals surface area (Å²) in [5.41, 5.74) is 4.21. The molecule has 1 aliphatic carbocycles. The van der Waals surface area contributed by atoms with E-state index in [1.54, 1.807) is 0 Å². The molecule has 0 radical (unpaired) electrons. The molecule has 2 aromatic carbocycles. The Morgan fingerprint density at radius 3 is 2.57 bits per heavy atom. The maximum absolute atomic E-state index is 12.9. The Balaban J connectivity index is 1.57. The summed E-state index contributed by atoms with van der Waals surface area (Å²) in [6, 6.07) is 16.5. The van der Waals surface area contributed by atoms with Crippen molar-refractivity contribution in [1.82, 2.24) is 4.90 Å². The van der Waals surface area contributed by atoms with Gasteiger partial charge in [-0.2, -0.15) is 0 Å². The number of benzene rings is 2. The van der Waals surface area contributed by atoms with Crippen LogP contribution in [-0.2, 0) is 22.6 Å². The second-order valence-electron chi connectivity index (χ2n) is 7.23. The lowest BCUT2D eigenvalue weighted by molar-refractivity contribution is 0.0453. The first-order chi connectivity index (χ1) is 13.7. The van der Waals surface area contributed by atoms with Crippen LogP contribution in [0.25, 0.3) is 0 Å². The van der Waals surface area contributed by atoms with Crippen LogP contribution in [-0.4, -0.2) is 36.8 Å². The van der Waals surface area contributed by atoms with Crippen molar-refractivity contribution in [2.45, 2.75) is 45.9 Å². The first-order valence-electron chi connectivity index (χ1n) is 10.0. The van der Waals surface area contributed by atoms with Crippen molar-refractivity contribution in [3.8, 4) is 0 Å². The van der Waals surface area contributed by atoms with Gasteiger partial charge in [-0.1, -0.05) is 42.0 Å². The molecule has 2 aromatic rings. The summed E-state index contributed by atoms with van der Waals surface area (Å²) in [5, 5.41) is 3.06. The van der Waals surface area contributed by atoms with Gasteiger partial charge in [0.15, 0.2) is 0 Å². The molecular weight excluding hydrogens is 352 g/mol. The summed E-state index contributed by atoms with van der Waals surface area (Å²) in [6.45, 7) is 7.05. The highest BCUT2D eigenvalue weighted by atomic mass is 16.5. The number of ether oxygens (including phenoxy) is 2. The number of hydrogen-bond donors (Lipinski definition) is 1. The third-order valence-corrected chi connectivity index (χ3v) is 4.71. The molecule has 1 N–H and O–H groups in total. The Labute approximate surface area is 167 Å². The van der Waals surface area contributed by atoms with Crippen molar-refractivity contribution in [2.24, 2.45) is 0 Å². The Hall–Kier alpha value is -2.37. The van der Waals surface area contributed by atoms with Gasteiger partial charge in [-0.15, -0.1) is 0 Å². The molecule has 0 unspecified atom stereocenters. The number of nitrogens with zero attached hydrogens (tertiary/aromatic N) is 1. The van der Waals surface area contributed by atoms with E-state index in [4.69, 9.17) is 9.47 Å². The van der Waals surface area contributed by atoms with Gasteiger partial charge in [0.1, 0.15) is 0 Å². The van der Waals surface area contributed by atoms with E-state index < -0.39 is 0 Å². The Morgan fingerprint density at radius 1 is 1.07 bits per heavy atom. The Morgan fingerprint density at radius 2 is 1.82 bits per heavy atom. The molecule has 0 saturated heterocycles. The number of hydrogen-bond acceptors (Lipinski definition) is 3. The molecule has 0 bridgehead atoms. The van der Waals surface area contributed by atoms with Crippen LogP contribution in [0.3, 0.4) is 0 Å². The van der Waals surface area contributed by atoms with Gasteiger partial charge in [0.05, 0.1) is 19.8 Å². The number of carbonyl (C=O) groups is 1. The molecule has 2 amide bonds. The topological polar surface area (TPSA) is 50.8 Å². The molecule has 1 saturated carbocycles.